The predicted molar refractivity (Wildman–Crippen MR) is 95.2 cm³/mol. The molecule has 4 fully saturated rings. The summed E-state index contributed by atoms with van der Waals surface area (Å²) in [4.78, 5) is 12.5. The van der Waals surface area contributed by atoms with Crippen LogP contribution in [0.3, 0.4) is 0 Å². The fraction of sp³-hybridized carbons (Fsp3) is 0.667. The highest BCUT2D eigenvalue weighted by molar-refractivity contribution is 5.78. The van der Waals surface area contributed by atoms with Crippen molar-refractivity contribution in [2.24, 2.45) is 17.8 Å². The fourth-order valence-electron chi connectivity index (χ4n) is 5.89. The average molecular weight is 327 g/mol. The van der Waals surface area contributed by atoms with E-state index in [2.05, 4.69) is 32.2 Å². The van der Waals surface area contributed by atoms with Gasteiger partial charge in [0.2, 0.25) is 0 Å². The molecule has 0 radical (unpaired) electrons. The quantitative estimate of drug-likeness (QED) is 0.905. The molecule has 3 heteroatoms. The Morgan fingerprint density at radius 2 is 1.67 bits per heavy atom. The lowest BCUT2D eigenvalue weighted by Gasteiger charge is -2.56. The standard InChI is InChI=1S/C21H29NO2/c1-13-4-14(2)15(3)19(5-13)24-12-20(23)22-21-9-16-6-17(10-21)8-18(7-16)11-21/h4-5,16-18H,6-12H2,1-3H3,(H,22,23). The smallest absolute Gasteiger partial charge is 0.258 e. The third kappa shape index (κ3) is 2.94. The molecule has 4 aliphatic rings. The third-order valence-corrected chi connectivity index (χ3v) is 6.57. The van der Waals surface area contributed by atoms with Crippen LogP contribution in [0.25, 0.3) is 0 Å². The van der Waals surface area contributed by atoms with Crippen LogP contribution < -0.4 is 10.1 Å². The largest absolute Gasteiger partial charge is 0.483 e. The second-order valence-corrected chi connectivity index (χ2v) is 8.74. The summed E-state index contributed by atoms with van der Waals surface area (Å²) in [5.41, 5.74) is 3.59. The first-order valence-corrected chi connectivity index (χ1v) is 9.44. The topological polar surface area (TPSA) is 38.3 Å². The number of rotatable bonds is 4. The van der Waals surface area contributed by atoms with Crippen LogP contribution in [-0.2, 0) is 4.79 Å². The first kappa shape index (κ1) is 16.0. The van der Waals surface area contributed by atoms with Gasteiger partial charge in [-0.2, -0.15) is 0 Å². The van der Waals surface area contributed by atoms with Gasteiger partial charge in [0.15, 0.2) is 6.61 Å². The molecule has 0 spiro atoms. The Hall–Kier alpha value is -1.51. The number of ether oxygens (including phenoxy) is 1. The zero-order chi connectivity index (χ0) is 16.9. The Morgan fingerprint density at radius 1 is 1.08 bits per heavy atom. The number of hydrogen-bond donors (Lipinski definition) is 1. The van der Waals surface area contributed by atoms with Crippen molar-refractivity contribution in [3.05, 3.63) is 28.8 Å². The van der Waals surface area contributed by atoms with E-state index in [1.807, 2.05) is 6.07 Å². The maximum absolute atomic E-state index is 12.5. The summed E-state index contributed by atoms with van der Waals surface area (Å²) >= 11 is 0. The molecule has 0 aliphatic heterocycles. The van der Waals surface area contributed by atoms with Gasteiger partial charge in [-0.3, -0.25) is 4.79 Å². The summed E-state index contributed by atoms with van der Waals surface area (Å²) in [7, 11) is 0. The van der Waals surface area contributed by atoms with E-state index in [1.54, 1.807) is 0 Å². The lowest BCUT2D eigenvalue weighted by molar-refractivity contribution is -0.128. The Kier molecular flexibility index (Phi) is 3.85. The molecular formula is C21H29NO2. The molecule has 0 unspecified atom stereocenters. The molecule has 0 saturated heterocycles. The fourth-order valence-corrected chi connectivity index (χ4v) is 5.89. The van der Waals surface area contributed by atoms with E-state index < -0.39 is 0 Å². The molecule has 3 nitrogen and oxygen atoms in total. The van der Waals surface area contributed by atoms with Crippen molar-refractivity contribution in [2.45, 2.75) is 64.8 Å². The highest BCUT2D eigenvalue weighted by Crippen LogP contribution is 2.55. The molecule has 4 aliphatic carbocycles. The number of nitrogens with one attached hydrogen (secondary N) is 1. The molecule has 4 bridgehead atoms. The van der Waals surface area contributed by atoms with Crippen LogP contribution in [0, 0.1) is 38.5 Å². The van der Waals surface area contributed by atoms with Gasteiger partial charge in [-0.1, -0.05) is 6.07 Å². The van der Waals surface area contributed by atoms with Gasteiger partial charge in [0, 0.05) is 5.54 Å². The van der Waals surface area contributed by atoms with E-state index in [9.17, 15) is 4.79 Å². The highest BCUT2D eigenvalue weighted by Gasteiger charge is 2.51. The summed E-state index contributed by atoms with van der Waals surface area (Å²) < 4.78 is 5.86. The molecule has 1 aromatic rings. The maximum atomic E-state index is 12.5. The molecule has 130 valence electrons. The Labute approximate surface area is 145 Å². The maximum Gasteiger partial charge on any atom is 0.258 e. The normalized spacial score (nSPS) is 33.5. The molecular weight excluding hydrogens is 298 g/mol. The van der Waals surface area contributed by atoms with Gasteiger partial charge in [0.25, 0.3) is 5.91 Å². The molecule has 0 atom stereocenters. The minimum Gasteiger partial charge on any atom is -0.483 e. The first-order chi connectivity index (χ1) is 11.4. The number of carbonyl (C=O) groups is 1. The van der Waals surface area contributed by atoms with Crippen LogP contribution in [0.5, 0.6) is 5.75 Å². The number of carbonyl (C=O) groups excluding carboxylic acids is 1. The van der Waals surface area contributed by atoms with Gasteiger partial charge >= 0.3 is 0 Å². The number of amides is 1. The first-order valence-electron chi connectivity index (χ1n) is 9.44. The van der Waals surface area contributed by atoms with Gasteiger partial charge < -0.3 is 10.1 Å². The van der Waals surface area contributed by atoms with Crippen LogP contribution >= 0.6 is 0 Å². The van der Waals surface area contributed by atoms with Crippen molar-refractivity contribution >= 4 is 5.91 Å². The van der Waals surface area contributed by atoms with Crippen molar-refractivity contribution in [2.75, 3.05) is 6.61 Å². The minimum atomic E-state index is 0.0514. The molecule has 1 aromatic carbocycles. The summed E-state index contributed by atoms with van der Waals surface area (Å²) in [5, 5.41) is 3.38. The minimum absolute atomic E-state index is 0.0514. The number of benzene rings is 1. The van der Waals surface area contributed by atoms with E-state index in [-0.39, 0.29) is 18.1 Å². The van der Waals surface area contributed by atoms with Crippen LogP contribution in [0.4, 0.5) is 0 Å². The van der Waals surface area contributed by atoms with E-state index >= 15 is 0 Å². The Bertz CT molecular complexity index is 629. The van der Waals surface area contributed by atoms with E-state index in [0.29, 0.717) is 0 Å². The molecule has 4 saturated carbocycles. The van der Waals surface area contributed by atoms with Crippen LogP contribution in [0.2, 0.25) is 0 Å². The molecule has 5 rings (SSSR count). The van der Waals surface area contributed by atoms with Crippen LogP contribution in [0.1, 0.15) is 55.2 Å². The van der Waals surface area contributed by atoms with Crippen molar-refractivity contribution in [1.82, 2.24) is 5.32 Å². The zero-order valence-corrected chi connectivity index (χ0v) is 15.2. The Balaban J connectivity index is 1.39. The monoisotopic (exact) mass is 327 g/mol. The lowest BCUT2D eigenvalue weighted by atomic mass is 9.53. The van der Waals surface area contributed by atoms with E-state index in [4.69, 9.17) is 4.74 Å². The van der Waals surface area contributed by atoms with Gasteiger partial charge in [-0.05, 0) is 99.8 Å². The second-order valence-electron chi connectivity index (χ2n) is 8.74. The average Bonchev–Trinajstić information content (AvgIpc) is 2.47. The molecule has 24 heavy (non-hydrogen) atoms. The van der Waals surface area contributed by atoms with Crippen molar-refractivity contribution < 1.29 is 9.53 Å². The zero-order valence-electron chi connectivity index (χ0n) is 15.2. The lowest BCUT2D eigenvalue weighted by Crippen LogP contribution is -2.60. The molecule has 1 N–H and O–H groups in total. The summed E-state index contributed by atoms with van der Waals surface area (Å²) in [6, 6.07) is 4.18. The van der Waals surface area contributed by atoms with Crippen LogP contribution in [0.15, 0.2) is 12.1 Å². The van der Waals surface area contributed by atoms with Crippen molar-refractivity contribution in [3.63, 3.8) is 0 Å². The number of aryl methyl sites for hydroxylation is 2. The van der Waals surface area contributed by atoms with E-state index in [1.165, 1.54) is 49.7 Å². The van der Waals surface area contributed by atoms with Gasteiger partial charge in [0.1, 0.15) is 5.75 Å². The molecule has 1 amide bonds. The number of hydrogen-bond acceptors (Lipinski definition) is 2. The highest BCUT2D eigenvalue weighted by atomic mass is 16.5. The Morgan fingerprint density at radius 3 is 2.25 bits per heavy atom. The van der Waals surface area contributed by atoms with Crippen molar-refractivity contribution in [3.8, 4) is 5.75 Å². The van der Waals surface area contributed by atoms with Crippen molar-refractivity contribution in [1.29, 1.82) is 0 Å². The van der Waals surface area contributed by atoms with Gasteiger partial charge in [0.05, 0.1) is 0 Å². The van der Waals surface area contributed by atoms with Crippen LogP contribution in [-0.4, -0.2) is 18.1 Å². The second kappa shape index (κ2) is 5.79. The summed E-state index contributed by atoms with van der Waals surface area (Å²) in [6.07, 6.45) is 7.75. The molecule has 0 heterocycles. The summed E-state index contributed by atoms with van der Waals surface area (Å²) in [6.45, 7) is 6.34. The molecule has 0 aromatic heterocycles. The third-order valence-electron chi connectivity index (χ3n) is 6.57. The van der Waals surface area contributed by atoms with Gasteiger partial charge in [-0.25, -0.2) is 0 Å². The predicted octanol–water partition coefficient (Wildman–Crippen LogP) is 4.08. The van der Waals surface area contributed by atoms with Gasteiger partial charge in [-0.15, -0.1) is 0 Å². The van der Waals surface area contributed by atoms with E-state index in [0.717, 1.165) is 29.1 Å². The SMILES string of the molecule is Cc1cc(C)c(C)c(OCC(=O)NC23CC4CC(CC(C4)C2)C3)c1. The summed E-state index contributed by atoms with van der Waals surface area (Å²) in [5.74, 6) is 3.43.